The lowest BCUT2D eigenvalue weighted by molar-refractivity contribution is 0.542. The van der Waals surface area contributed by atoms with E-state index in [0.717, 1.165) is 19.5 Å². The van der Waals surface area contributed by atoms with Gasteiger partial charge in [0.25, 0.3) is 0 Å². The van der Waals surface area contributed by atoms with Gasteiger partial charge in [-0.2, -0.15) is 0 Å². The summed E-state index contributed by atoms with van der Waals surface area (Å²) < 4.78 is 1.17. The van der Waals surface area contributed by atoms with Crippen molar-refractivity contribution in [1.29, 1.82) is 0 Å². The van der Waals surface area contributed by atoms with Crippen molar-refractivity contribution in [3.05, 3.63) is 64.6 Å². The van der Waals surface area contributed by atoms with Gasteiger partial charge in [0.15, 0.2) is 0 Å². The molecule has 0 saturated heterocycles. The van der Waals surface area contributed by atoms with E-state index in [2.05, 4.69) is 87.7 Å². The zero-order valence-electron chi connectivity index (χ0n) is 12.7. The Hall–Kier alpha value is -1.32. The third kappa shape index (κ3) is 4.32. The second kappa shape index (κ2) is 8.20. The SMILES string of the molecule is CCN(CCC(NC)c1ccccc1Br)c1ccccc1. The number of hydrogen-bond acceptors (Lipinski definition) is 2. The van der Waals surface area contributed by atoms with Crippen LogP contribution >= 0.6 is 15.9 Å². The molecule has 0 fully saturated rings. The van der Waals surface area contributed by atoms with Crippen molar-refractivity contribution in [2.75, 3.05) is 25.0 Å². The molecule has 1 N–H and O–H groups in total. The maximum Gasteiger partial charge on any atom is 0.0366 e. The molecule has 2 aromatic rings. The van der Waals surface area contributed by atoms with Crippen LogP contribution < -0.4 is 10.2 Å². The van der Waals surface area contributed by atoms with Gasteiger partial charge in [-0.1, -0.05) is 52.3 Å². The maximum atomic E-state index is 3.65. The van der Waals surface area contributed by atoms with Gasteiger partial charge in [0.2, 0.25) is 0 Å². The Kier molecular flexibility index (Phi) is 6.27. The second-order valence-electron chi connectivity index (χ2n) is 5.07. The molecule has 1 atom stereocenters. The first-order chi connectivity index (χ1) is 10.3. The Labute approximate surface area is 136 Å². The minimum atomic E-state index is 0.360. The van der Waals surface area contributed by atoms with Crippen molar-refractivity contribution >= 4 is 21.6 Å². The highest BCUT2D eigenvalue weighted by Gasteiger charge is 2.13. The number of benzene rings is 2. The van der Waals surface area contributed by atoms with Crippen LogP contribution in [0.1, 0.15) is 24.9 Å². The fraction of sp³-hybridized carbons (Fsp3) is 0.333. The molecule has 0 aliphatic carbocycles. The number of halogens is 1. The molecule has 0 radical (unpaired) electrons. The molecule has 0 amide bonds. The largest absolute Gasteiger partial charge is 0.372 e. The van der Waals surface area contributed by atoms with Crippen LogP contribution in [-0.2, 0) is 0 Å². The zero-order valence-corrected chi connectivity index (χ0v) is 14.3. The van der Waals surface area contributed by atoms with E-state index < -0.39 is 0 Å². The smallest absolute Gasteiger partial charge is 0.0366 e. The molecule has 0 aliphatic heterocycles. The van der Waals surface area contributed by atoms with Crippen molar-refractivity contribution in [3.8, 4) is 0 Å². The van der Waals surface area contributed by atoms with Gasteiger partial charge in [-0.15, -0.1) is 0 Å². The summed E-state index contributed by atoms with van der Waals surface area (Å²) in [6.07, 6.45) is 1.07. The predicted molar refractivity (Wildman–Crippen MR) is 94.9 cm³/mol. The normalized spacial score (nSPS) is 12.1. The summed E-state index contributed by atoms with van der Waals surface area (Å²) >= 11 is 3.65. The van der Waals surface area contributed by atoms with E-state index in [0.29, 0.717) is 6.04 Å². The van der Waals surface area contributed by atoms with Gasteiger partial charge >= 0.3 is 0 Å². The monoisotopic (exact) mass is 346 g/mol. The Balaban J connectivity index is 2.04. The van der Waals surface area contributed by atoms with Gasteiger partial charge in [-0.25, -0.2) is 0 Å². The van der Waals surface area contributed by atoms with Crippen LogP contribution in [-0.4, -0.2) is 20.1 Å². The van der Waals surface area contributed by atoms with Crippen molar-refractivity contribution in [2.45, 2.75) is 19.4 Å². The molecule has 112 valence electrons. The first kappa shape index (κ1) is 16.1. The molecule has 2 aromatic carbocycles. The van der Waals surface area contributed by atoms with Gasteiger partial charge in [0, 0.05) is 29.3 Å². The highest BCUT2D eigenvalue weighted by atomic mass is 79.9. The molecular weight excluding hydrogens is 324 g/mol. The van der Waals surface area contributed by atoms with Crippen LogP contribution in [0.25, 0.3) is 0 Å². The van der Waals surface area contributed by atoms with Crippen molar-refractivity contribution in [3.63, 3.8) is 0 Å². The Morgan fingerprint density at radius 1 is 1.05 bits per heavy atom. The molecule has 3 heteroatoms. The molecule has 2 rings (SSSR count). The molecule has 0 aliphatic rings. The summed E-state index contributed by atoms with van der Waals surface area (Å²) in [5.74, 6) is 0. The summed E-state index contributed by atoms with van der Waals surface area (Å²) in [4.78, 5) is 2.42. The van der Waals surface area contributed by atoms with Gasteiger partial charge in [-0.3, -0.25) is 0 Å². The van der Waals surface area contributed by atoms with Gasteiger partial charge in [0.05, 0.1) is 0 Å². The summed E-state index contributed by atoms with van der Waals surface area (Å²) in [5, 5.41) is 3.43. The fourth-order valence-electron chi connectivity index (χ4n) is 2.61. The van der Waals surface area contributed by atoms with Crippen LogP contribution in [0.15, 0.2) is 59.1 Å². The highest BCUT2D eigenvalue weighted by Crippen LogP contribution is 2.26. The van der Waals surface area contributed by atoms with E-state index in [4.69, 9.17) is 0 Å². The minimum Gasteiger partial charge on any atom is -0.372 e. The molecule has 21 heavy (non-hydrogen) atoms. The van der Waals surface area contributed by atoms with E-state index >= 15 is 0 Å². The lowest BCUT2D eigenvalue weighted by atomic mass is 10.0. The number of nitrogens with one attached hydrogen (secondary N) is 1. The van der Waals surface area contributed by atoms with Crippen LogP contribution in [0.3, 0.4) is 0 Å². The maximum absolute atomic E-state index is 3.65. The standard InChI is InChI=1S/C18H23BrN2/c1-3-21(15-9-5-4-6-10-15)14-13-18(20-2)16-11-7-8-12-17(16)19/h4-12,18,20H,3,13-14H2,1-2H3. The Morgan fingerprint density at radius 3 is 2.33 bits per heavy atom. The third-order valence-electron chi connectivity index (χ3n) is 3.82. The fourth-order valence-corrected chi connectivity index (χ4v) is 3.17. The number of nitrogens with zero attached hydrogens (tertiary/aromatic N) is 1. The molecule has 0 aromatic heterocycles. The average molecular weight is 347 g/mol. The van der Waals surface area contributed by atoms with E-state index in [1.807, 2.05) is 7.05 Å². The van der Waals surface area contributed by atoms with E-state index in [1.54, 1.807) is 0 Å². The third-order valence-corrected chi connectivity index (χ3v) is 4.54. The lowest BCUT2D eigenvalue weighted by Crippen LogP contribution is -2.28. The van der Waals surface area contributed by atoms with Crippen molar-refractivity contribution in [2.24, 2.45) is 0 Å². The number of para-hydroxylation sites is 1. The van der Waals surface area contributed by atoms with E-state index in [1.165, 1.54) is 15.7 Å². The number of rotatable bonds is 7. The van der Waals surface area contributed by atoms with Gasteiger partial charge < -0.3 is 10.2 Å². The van der Waals surface area contributed by atoms with Crippen LogP contribution in [0.5, 0.6) is 0 Å². The van der Waals surface area contributed by atoms with Crippen molar-refractivity contribution in [1.82, 2.24) is 5.32 Å². The summed E-state index contributed by atoms with van der Waals surface area (Å²) in [6, 6.07) is 19.4. The molecule has 2 nitrogen and oxygen atoms in total. The lowest BCUT2D eigenvalue weighted by Gasteiger charge is -2.26. The quantitative estimate of drug-likeness (QED) is 0.786. The Bertz CT molecular complexity index is 542. The Morgan fingerprint density at radius 2 is 1.71 bits per heavy atom. The van der Waals surface area contributed by atoms with Crippen molar-refractivity contribution < 1.29 is 0 Å². The second-order valence-corrected chi connectivity index (χ2v) is 5.92. The molecule has 0 spiro atoms. The molecule has 0 saturated carbocycles. The van der Waals surface area contributed by atoms with Gasteiger partial charge in [0.1, 0.15) is 0 Å². The van der Waals surface area contributed by atoms with Gasteiger partial charge in [-0.05, 0) is 44.2 Å². The topological polar surface area (TPSA) is 15.3 Å². The summed E-state index contributed by atoms with van der Waals surface area (Å²) in [7, 11) is 2.03. The highest BCUT2D eigenvalue weighted by molar-refractivity contribution is 9.10. The number of hydrogen-bond donors (Lipinski definition) is 1. The van der Waals surface area contributed by atoms with E-state index in [9.17, 15) is 0 Å². The molecular formula is C18H23BrN2. The molecule has 0 bridgehead atoms. The zero-order chi connectivity index (χ0) is 15.1. The minimum absolute atomic E-state index is 0.360. The van der Waals surface area contributed by atoms with Crippen LogP contribution in [0.2, 0.25) is 0 Å². The van der Waals surface area contributed by atoms with E-state index in [-0.39, 0.29) is 0 Å². The first-order valence-corrected chi connectivity index (χ1v) is 8.27. The van der Waals surface area contributed by atoms with Crippen LogP contribution in [0, 0.1) is 0 Å². The molecule has 1 unspecified atom stereocenters. The predicted octanol–water partition coefficient (Wildman–Crippen LogP) is 4.63. The molecule has 0 heterocycles. The summed E-state index contributed by atoms with van der Waals surface area (Å²) in [5.41, 5.74) is 2.62. The summed E-state index contributed by atoms with van der Waals surface area (Å²) in [6.45, 7) is 4.27. The average Bonchev–Trinajstić information content (AvgIpc) is 2.54. The van der Waals surface area contributed by atoms with Crippen LogP contribution in [0.4, 0.5) is 5.69 Å². The first-order valence-electron chi connectivity index (χ1n) is 7.48. The number of anilines is 1.